The van der Waals surface area contributed by atoms with Crippen LogP contribution in [0.5, 0.6) is 0 Å². The van der Waals surface area contributed by atoms with Gasteiger partial charge in [0, 0.05) is 0 Å². The van der Waals surface area contributed by atoms with E-state index in [2.05, 4.69) is 19.9 Å². The van der Waals surface area contributed by atoms with E-state index >= 15 is 0 Å². The van der Waals surface area contributed by atoms with Gasteiger partial charge in [-0.15, -0.1) is 0 Å². The molecular weight excluding hydrogens is 226 g/mol. The predicted octanol–water partition coefficient (Wildman–Crippen LogP) is 1.58. The van der Waals surface area contributed by atoms with Crippen molar-refractivity contribution in [3.63, 3.8) is 0 Å². The third kappa shape index (κ3) is 1.65. The van der Waals surface area contributed by atoms with E-state index in [9.17, 15) is 0 Å². The van der Waals surface area contributed by atoms with Crippen LogP contribution in [0.3, 0.4) is 0 Å². The fourth-order valence-electron chi connectivity index (χ4n) is 1.93. The maximum atomic E-state index is 6.38. The number of rotatable bonds is 2. The van der Waals surface area contributed by atoms with Crippen LogP contribution in [0.4, 0.5) is 0 Å². The normalized spacial score (nSPS) is 14.6. The third-order valence-electron chi connectivity index (χ3n) is 3.03. The molecule has 0 amide bonds. The Labute approximate surface area is 104 Å². The average molecular weight is 239 g/mol. The molecule has 18 heavy (non-hydrogen) atoms. The van der Waals surface area contributed by atoms with Crippen molar-refractivity contribution in [3.8, 4) is 0 Å². The molecule has 90 valence electrons. The molecular formula is C13H13N5. The van der Waals surface area contributed by atoms with Gasteiger partial charge in [0.1, 0.15) is 17.7 Å². The van der Waals surface area contributed by atoms with Crippen molar-refractivity contribution < 1.29 is 0 Å². The molecule has 3 aromatic rings. The molecule has 5 heteroatoms. The van der Waals surface area contributed by atoms with Crippen LogP contribution in [0.25, 0.3) is 11.2 Å². The van der Waals surface area contributed by atoms with Crippen molar-refractivity contribution in [2.45, 2.75) is 12.5 Å². The van der Waals surface area contributed by atoms with Gasteiger partial charge in [-0.2, -0.15) is 0 Å². The zero-order valence-corrected chi connectivity index (χ0v) is 9.96. The van der Waals surface area contributed by atoms with Gasteiger partial charge in [0.05, 0.1) is 11.7 Å². The first-order chi connectivity index (χ1) is 8.68. The minimum atomic E-state index is -0.679. The van der Waals surface area contributed by atoms with E-state index in [1.54, 1.807) is 6.20 Å². The Morgan fingerprint density at radius 3 is 2.72 bits per heavy atom. The molecule has 0 aliphatic rings. The molecule has 0 saturated carbocycles. The summed E-state index contributed by atoms with van der Waals surface area (Å²) in [6, 6.07) is 9.85. The number of nitrogens with one attached hydrogen (secondary N) is 1. The van der Waals surface area contributed by atoms with E-state index < -0.39 is 5.54 Å². The van der Waals surface area contributed by atoms with Gasteiger partial charge in [-0.25, -0.2) is 15.0 Å². The fourth-order valence-corrected chi connectivity index (χ4v) is 1.93. The van der Waals surface area contributed by atoms with Crippen LogP contribution in [0.1, 0.15) is 18.3 Å². The topological polar surface area (TPSA) is 80.5 Å². The lowest BCUT2D eigenvalue weighted by atomic mass is 9.92. The monoisotopic (exact) mass is 239 g/mol. The second-order valence-electron chi connectivity index (χ2n) is 4.41. The summed E-state index contributed by atoms with van der Waals surface area (Å²) >= 11 is 0. The SMILES string of the molecule is CC(N)(c1ccccc1)c1nc2ncncc2[nH]1. The lowest BCUT2D eigenvalue weighted by Crippen LogP contribution is -2.35. The van der Waals surface area contributed by atoms with Crippen LogP contribution in [-0.2, 0) is 5.54 Å². The van der Waals surface area contributed by atoms with Crippen molar-refractivity contribution in [3.05, 3.63) is 54.2 Å². The van der Waals surface area contributed by atoms with Gasteiger partial charge in [0.2, 0.25) is 0 Å². The van der Waals surface area contributed by atoms with Crippen LogP contribution in [0.15, 0.2) is 42.9 Å². The lowest BCUT2D eigenvalue weighted by molar-refractivity contribution is 0.567. The van der Waals surface area contributed by atoms with Crippen molar-refractivity contribution in [2.24, 2.45) is 5.73 Å². The zero-order valence-electron chi connectivity index (χ0n) is 9.96. The van der Waals surface area contributed by atoms with Gasteiger partial charge >= 0.3 is 0 Å². The second-order valence-corrected chi connectivity index (χ2v) is 4.41. The molecule has 0 aliphatic carbocycles. The third-order valence-corrected chi connectivity index (χ3v) is 3.03. The molecule has 0 saturated heterocycles. The Hall–Kier alpha value is -2.27. The van der Waals surface area contributed by atoms with Crippen molar-refractivity contribution in [1.82, 2.24) is 19.9 Å². The first kappa shape index (κ1) is 10.9. The number of benzene rings is 1. The summed E-state index contributed by atoms with van der Waals surface area (Å²) in [6.45, 7) is 1.92. The van der Waals surface area contributed by atoms with E-state index in [1.807, 2.05) is 37.3 Å². The number of aromatic amines is 1. The summed E-state index contributed by atoms with van der Waals surface area (Å²) in [5, 5.41) is 0. The number of imidazole rings is 1. The Morgan fingerprint density at radius 1 is 1.22 bits per heavy atom. The van der Waals surface area contributed by atoms with E-state index in [4.69, 9.17) is 5.73 Å². The molecule has 3 rings (SSSR count). The summed E-state index contributed by atoms with van der Waals surface area (Å²) in [5.74, 6) is 0.684. The highest BCUT2D eigenvalue weighted by Gasteiger charge is 2.27. The number of aromatic nitrogens is 4. The van der Waals surface area contributed by atoms with Gasteiger partial charge in [0.15, 0.2) is 5.65 Å². The lowest BCUT2D eigenvalue weighted by Gasteiger charge is -2.22. The maximum Gasteiger partial charge on any atom is 0.180 e. The first-order valence-electron chi connectivity index (χ1n) is 5.68. The number of nitrogens with zero attached hydrogens (tertiary/aromatic N) is 3. The molecule has 1 unspecified atom stereocenters. The highest BCUT2D eigenvalue weighted by molar-refractivity contribution is 5.69. The van der Waals surface area contributed by atoms with Gasteiger partial charge in [-0.1, -0.05) is 30.3 Å². The van der Waals surface area contributed by atoms with Gasteiger partial charge in [-0.05, 0) is 12.5 Å². The molecule has 2 aromatic heterocycles. The van der Waals surface area contributed by atoms with E-state index in [0.29, 0.717) is 11.5 Å². The first-order valence-corrected chi connectivity index (χ1v) is 5.68. The van der Waals surface area contributed by atoms with Crippen LogP contribution >= 0.6 is 0 Å². The maximum absolute atomic E-state index is 6.38. The molecule has 1 atom stereocenters. The fraction of sp³-hybridized carbons (Fsp3) is 0.154. The average Bonchev–Trinajstić information content (AvgIpc) is 2.84. The molecule has 0 bridgehead atoms. The molecule has 3 N–H and O–H groups in total. The molecule has 1 aromatic carbocycles. The van der Waals surface area contributed by atoms with Crippen LogP contribution in [0.2, 0.25) is 0 Å². The van der Waals surface area contributed by atoms with Crippen molar-refractivity contribution >= 4 is 11.2 Å². The zero-order chi connectivity index (χ0) is 12.6. The predicted molar refractivity (Wildman–Crippen MR) is 68.8 cm³/mol. The minimum absolute atomic E-state index is 0.632. The Bertz CT molecular complexity index is 639. The number of hydrogen-bond donors (Lipinski definition) is 2. The molecule has 0 spiro atoms. The van der Waals surface area contributed by atoms with Crippen molar-refractivity contribution in [2.75, 3.05) is 0 Å². The molecule has 5 nitrogen and oxygen atoms in total. The minimum Gasteiger partial charge on any atom is -0.337 e. The van der Waals surface area contributed by atoms with Crippen LogP contribution < -0.4 is 5.73 Å². The van der Waals surface area contributed by atoms with E-state index in [1.165, 1.54) is 6.33 Å². The largest absolute Gasteiger partial charge is 0.337 e. The Balaban J connectivity index is 2.13. The standard InChI is InChI=1S/C13H13N5/c1-13(14,9-5-3-2-4-6-9)12-17-10-7-15-8-16-11(10)18-12/h2-8H,14H2,1H3,(H,15,16,17,18). The molecule has 0 aliphatic heterocycles. The molecule has 0 fully saturated rings. The van der Waals surface area contributed by atoms with Crippen LogP contribution in [-0.4, -0.2) is 19.9 Å². The molecule has 2 heterocycles. The molecule has 0 radical (unpaired) electrons. The smallest absolute Gasteiger partial charge is 0.180 e. The van der Waals surface area contributed by atoms with E-state index in [-0.39, 0.29) is 0 Å². The van der Waals surface area contributed by atoms with Gasteiger partial charge < -0.3 is 10.7 Å². The quantitative estimate of drug-likeness (QED) is 0.711. The number of H-pyrrole nitrogens is 1. The summed E-state index contributed by atoms with van der Waals surface area (Å²) in [5.41, 5.74) is 8.12. The number of fused-ring (bicyclic) bond motifs is 1. The number of nitrogens with two attached hydrogens (primary N) is 1. The summed E-state index contributed by atoms with van der Waals surface area (Å²) < 4.78 is 0. The van der Waals surface area contributed by atoms with Crippen LogP contribution in [0, 0.1) is 0 Å². The van der Waals surface area contributed by atoms with Crippen molar-refractivity contribution in [1.29, 1.82) is 0 Å². The summed E-state index contributed by atoms with van der Waals surface area (Å²) in [6.07, 6.45) is 3.17. The summed E-state index contributed by atoms with van der Waals surface area (Å²) in [4.78, 5) is 15.7. The second kappa shape index (κ2) is 3.89. The summed E-state index contributed by atoms with van der Waals surface area (Å²) in [7, 11) is 0. The Morgan fingerprint density at radius 2 is 2.00 bits per heavy atom. The van der Waals surface area contributed by atoms with Gasteiger partial charge in [0.25, 0.3) is 0 Å². The Kier molecular flexibility index (Phi) is 2.34. The highest BCUT2D eigenvalue weighted by atomic mass is 15.0. The number of hydrogen-bond acceptors (Lipinski definition) is 4. The van der Waals surface area contributed by atoms with Gasteiger partial charge in [-0.3, -0.25) is 0 Å². The van der Waals surface area contributed by atoms with E-state index in [0.717, 1.165) is 11.1 Å². The highest BCUT2D eigenvalue weighted by Crippen LogP contribution is 2.25.